The number of methoxy groups -OCH3 is 1. The molecule has 7 nitrogen and oxygen atoms in total. The summed E-state index contributed by atoms with van der Waals surface area (Å²) in [5.74, 6) is 0.685. The first-order chi connectivity index (χ1) is 15.8. The Balaban J connectivity index is 1.66. The maximum Gasteiger partial charge on any atom is 0.267 e. The van der Waals surface area contributed by atoms with Crippen LogP contribution in [0.1, 0.15) is 25.3 Å². The third kappa shape index (κ3) is 4.52. The molecule has 1 aliphatic heterocycles. The van der Waals surface area contributed by atoms with E-state index in [1.165, 1.54) is 23.5 Å². The molecule has 3 aromatic rings. The van der Waals surface area contributed by atoms with Crippen LogP contribution in [-0.4, -0.2) is 34.1 Å². The molecular formula is C25H26N2O5S. The average Bonchev–Trinajstić information content (AvgIpc) is 2.83. The Labute approximate surface area is 194 Å². The molecule has 0 saturated carbocycles. The third-order valence-electron chi connectivity index (χ3n) is 5.52. The quantitative estimate of drug-likeness (QED) is 0.582. The molecule has 4 rings (SSSR count). The number of sulfonamides is 1. The number of carbonyl (C=O) groups excluding carboxylic acids is 1. The number of benzene rings is 3. The molecule has 172 valence electrons. The van der Waals surface area contributed by atoms with Gasteiger partial charge in [0.15, 0.2) is 6.10 Å². The minimum atomic E-state index is -3.94. The van der Waals surface area contributed by atoms with Gasteiger partial charge in [-0.15, -0.1) is 0 Å². The lowest BCUT2D eigenvalue weighted by molar-refractivity contribution is -0.122. The van der Waals surface area contributed by atoms with E-state index in [1.807, 2.05) is 38.1 Å². The molecule has 0 radical (unpaired) electrons. The molecule has 1 N–H and O–H groups in total. The van der Waals surface area contributed by atoms with E-state index < -0.39 is 22.0 Å². The number of hydrogen-bond acceptors (Lipinski definition) is 5. The molecule has 1 aliphatic rings. The monoisotopic (exact) mass is 466 g/mol. The summed E-state index contributed by atoms with van der Waals surface area (Å²) in [5, 5.41) is 2.92. The number of amides is 1. The van der Waals surface area contributed by atoms with Crippen molar-refractivity contribution < 1.29 is 22.7 Å². The smallest absolute Gasteiger partial charge is 0.267 e. The van der Waals surface area contributed by atoms with E-state index in [-0.39, 0.29) is 17.4 Å². The van der Waals surface area contributed by atoms with Gasteiger partial charge in [-0.05, 0) is 53.9 Å². The maximum atomic E-state index is 13.5. The van der Waals surface area contributed by atoms with Crippen LogP contribution in [0.2, 0.25) is 0 Å². The van der Waals surface area contributed by atoms with Crippen molar-refractivity contribution in [2.24, 2.45) is 0 Å². The molecule has 0 bridgehead atoms. The summed E-state index contributed by atoms with van der Waals surface area (Å²) in [4.78, 5) is 13.3. The summed E-state index contributed by atoms with van der Waals surface area (Å²) in [7, 11) is -2.43. The molecule has 0 saturated heterocycles. The van der Waals surface area contributed by atoms with Crippen molar-refractivity contribution in [3.05, 3.63) is 78.4 Å². The first-order valence-electron chi connectivity index (χ1n) is 10.6. The molecular weight excluding hydrogens is 440 g/mol. The third-order valence-corrected chi connectivity index (χ3v) is 7.31. The van der Waals surface area contributed by atoms with Crippen molar-refractivity contribution in [3.8, 4) is 11.5 Å². The van der Waals surface area contributed by atoms with E-state index in [0.717, 1.165) is 5.56 Å². The van der Waals surface area contributed by atoms with Gasteiger partial charge in [-0.25, -0.2) is 8.42 Å². The van der Waals surface area contributed by atoms with Crippen molar-refractivity contribution >= 4 is 27.3 Å². The van der Waals surface area contributed by atoms with Crippen LogP contribution in [0.15, 0.2) is 77.7 Å². The number of anilines is 2. The maximum absolute atomic E-state index is 13.5. The Morgan fingerprint density at radius 2 is 1.70 bits per heavy atom. The van der Waals surface area contributed by atoms with Gasteiger partial charge in [0.2, 0.25) is 0 Å². The highest BCUT2D eigenvalue weighted by molar-refractivity contribution is 7.92. The van der Waals surface area contributed by atoms with Crippen LogP contribution in [0.4, 0.5) is 11.4 Å². The number of nitrogens with zero attached hydrogens (tertiary/aromatic N) is 1. The van der Waals surface area contributed by atoms with Gasteiger partial charge in [0.05, 0.1) is 24.2 Å². The fraction of sp³-hybridized carbons (Fsp3) is 0.240. The van der Waals surface area contributed by atoms with Gasteiger partial charge < -0.3 is 14.8 Å². The van der Waals surface area contributed by atoms with Gasteiger partial charge in [0.1, 0.15) is 11.5 Å². The van der Waals surface area contributed by atoms with Gasteiger partial charge in [0, 0.05) is 5.69 Å². The van der Waals surface area contributed by atoms with Crippen LogP contribution in [0, 0.1) is 0 Å². The summed E-state index contributed by atoms with van der Waals surface area (Å²) in [6.07, 6.45) is -1.02. The fourth-order valence-electron chi connectivity index (χ4n) is 3.77. The summed E-state index contributed by atoms with van der Waals surface area (Å²) in [6.45, 7) is 3.93. The fourth-order valence-corrected chi connectivity index (χ4v) is 5.24. The zero-order chi connectivity index (χ0) is 23.6. The highest BCUT2D eigenvalue weighted by Crippen LogP contribution is 2.37. The van der Waals surface area contributed by atoms with Gasteiger partial charge in [-0.3, -0.25) is 9.10 Å². The number of ether oxygens (including phenoxy) is 2. The van der Waals surface area contributed by atoms with Gasteiger partial charge in [0.25, 0.3) is 15.9 Å². The van der Waals surface area contributed by atoms with E-state index in [9.17, 15) is 13.2 Å². The molecule has 1 amide bonds. The lowest BCUT2D eigenvalue weighted by atomic mass is 10.0. The zero-order valence-electron chi connectivity index (χ0n) is 18.7. The predicted octanol–water partition coefficient (Wildman–Crippen LogP) is 4.41. The molecule has 3 aromatic carbocycles. The molecule has 0 spiro atoms. The first kappa shape index (κ1) is 22.7. The highest BCUT2D eigenvalue weighted by Gasteiger charge is 2.37. The predicted molar refractivity (Wildman–Crippen MR) is 128 cm³/mol. The van der Waals surface area contributed by atoms with Crippen LogP contribution >= 0.6 is 0 Å². The largest absolute Gasteiger partial charge is 0.497 e. The van der Waals surface area contributed by atoms with Crippen molar-refractivity contribution in [1.29, 1.82) is 0 Å². The number of hydrogen-bond donors (Lipinski definition) is 1. The topological polar surface area (TPSA) is 84.9 Å². The normalized spacial score (nSPS) is 15.5. The minimum absolute atomic E-state index is 0.101. The van der Waals surface area contributed by atoms with Crippen LogP contribution in [0.3, 0.4) is 0 Å². The zero-order valence-corrected chi connectivity index (χ0v) is 19.5. The van der Waals surface area contributed by atoms with Gasteiger partial charge >= 0.3 is 0 Å². The number of para-hydroxylation sites is 3. The molecule has 33 heavy (non-hydrogen) atoms. The van der Waals surface area contributed by atoms with Crippen molar-refractivity contribution in [3.63, 3.8) is 0 Å². The van der Waals surface area contributed by atoms with Crippen molar-refractivity contribution in [1.82, 2.24) is 0 Å². The molecule has 8 heteroatoms. The van der Waals surface area contributed by atoms with Crippen LogP contribution in [0.25, 0.3) is 0 Å². The van der Waals surface area contributed by atoms with Crippen molar-refractivity contribution in [2.75, 3.05) is 23.3 Å². The first-order valence-corrected chi connectivity index (χ1v) is 12.1. The second-order valence-corrected chi connectivity index (χ2v) is 9.88. The molecule has 0 aliphatic carbocycles. The second kappa shape index (κ2) is 9.15. The van der Waals surface area contributed by atoms with E-state index in [1.54, 1.807) is 36.4 Å². The Kier molecular flexibility index (Phi) is 6.29. The lowest BCUT2D eigenvalue weighted by Gasteiger charge is -2.34. The lowest BCUT2D eigenvalue weighted by Crippen LogP contribution is -2.48. The molecule has 1 unspecified atom stereocenters. The van der Waals surface area contributed by atoms with Gasteiger partial charge in [-0.1, -0.05) is 44.2 Å². The van der Waals surface area contributed by atoms with Crippen LogP contribution in [-0.2, 0) is 14.8 Å². The minimum Gasteiger partial charge on any atom is -0.497 e. The van der Waals surface area contributed by atoms with E-state index in [4.69, 9.17) is 9.47 Å². The Morgan fingerprint density at radius 3 is 2.39 bits per heavy atom. The van der Waals surface area contributed by atoms with E-state index >= 15 is 0 Å². The summed E-state index contributed by atoms with van der Waals surface area (Å²) >= 11 is 0. The molecule has 0 fully saturated rings. The van der Waals surface area contributed by atoms with Crippen molar-refractivity contribution in [2.45, 2.75) is 30.8 Å². The summed E-state index contributed by atoms with van der Waals surface area (Å²) in [6, 6.07) is 20.5. The van der Waals surface area contributed by atoms with Crippen LogP contribution < -0.4 is 19.1 Å². The van der Waals surface area contributed by atoms with Crippen LogP contribution in [0.5, 0.6) is 11.5 Å². The van der Waals surface area contributed by atoms with E-state index in [2.05, 4.69) is 5.32 Å². The number of nitrogens with one attached hydrogen (secondary N) is 1. The standard InChI is InChI=1S/C25H26N2O5S/c1-17(2)20-8-4-5-9-21(20)26-25(28)24-16-27(22-10-6-7-11-23(22)32-24)33(29,30)19-14-12-18(31-3)13-15-19/h4-15,17,24H,16H2,1-3H3,(H,26,28). The highest BCUT2D eigenvalue weighted by atomic mass is 32.2. The Bertz CT molecular complexity index is 1260. The molecule has 0 aromatic heterocycles. The number of carbonyl (C=O) groups is 1. The van der Waals surface area contributed by atoms with Gasteiger partial charge in [-0.2, -0.15) is 0 Å². The molecule has 1 heterocycles. The Hall–Kier alpha value is -3.52. The summed E-state index contributed by atoms with van der Waals surface area (Å²) < 4.78 is 39.3. The average molecular weight is 467 g/mol. The Morgan fingerprint density at radius 1 is 1.03 bits per heavy atom. The number of rotatable bonds is 6. The SMILES string of the molecule is COc1ccc(S(=O)(=O)N2CC(C(=O)Nc3ccccc3C(C)C)Oc3ccccc32)cc1. The summed E-state index contributed by atoms with van der Waals surface area (Å²) in [5.41, 5.74) is 2.06. The second-order valence-electron chi connectivity index (χ2n) is 8.02. The van der Waals surface area contributed by atoms with E-state index in [0.29, 0.717) is 22.9 Å². The molecule has 1 atom stereocenters. The number of fused-ring (bicyclic) bond motifs is 1.